The lowest BCUT2D eigenvalue weighted by molar-refractivity contribution is -0.143. The summed E-state index contributed by atoms with van der Waals surface area (Å²) in [7, 11) is 0. The number of nitrogens with zero attached hydrogens (tertiary/aromatic N) is 2. The molecule has 1 fully saturated rings. The van der Waals surface area contributed by atoms with Gasteiger partial charge >= 0.3 is 5.97 Å². The number of anilines is 2. The molecule has 1 atom stereocenters. The zero-order chi connectivity index (χ0) is 24.8. The number of fused-ring (bicyclic) bond motifs is 1. The van der Waals surface area contributed by atoms with Gasteiger partial charge in [-0.15, -0.1) is 6.42 Å². The molecule has 184 valence electrons. The van der Waals surface area contributed by atoms with Crippen LogP contribution in [0.25, 0.3) is 0 Å². The van der Waals surface area contributed by atoms with Crippen molar-refractivity contribution in [2.75, 3.05) is 23.8 Å². The minimum Gasteiger partial charge on any atom is -0.466 e. The number of aromatic nitrogens is 2. The average molecular weight is 478 g/mol. The number of pyridine rings is 2. The second kappa shape index (κ2) is 11.1. The highest BCUT2D eigenvalue weighted by Crippen LogP contribution is 2.39. The predicted octanol–water partition coefficient (Wildman–Crippen LogP) is 2.16. The number of ether oxygens (including phenoxy) is 1. The Bertz CT molecular complexity index is 1200. The van der Waals surface area contributed by atoms with Crippen molar-refractivity contribution in [3.8, 4) is 12.3 Å². The van der Waals surface area contributed by atoms with Crippen molar-refractivity contribution in [1.82, 2.24) is 14.9 Å². The Morgan fingerprint density at radius 2 is 2.14 bits per heavy atom. The molecule has 1 saturated carbocycles. The van der Waals surface area contributed by atoms with Gasteiger partial charge in [-0.05, 0) is 62.3 Å². The van der Waals surface area contributed by atoms with E-state index >= 15 is 0 Å². The van der Waals surface area contributed by atoms with E-state index in [2.05, 4.69) is 32.9 Å². The van der Waals surface area contributed by atoms with E-state index in [1.54, 1.807) is 13.0 Å². The van der Waals surface area contributed by atoms with Crippen LogP contribution in [0.1, 0.15) is 55.5 Å². The highest BCUT2D eigenvalue weighted by Gasteiger charge is 2.28. The maximum atomic E-state index is 13.3. The molecule has 1 aliphatic heterocycles. The van der Waals surface area contributed by atoms with Gasteiger partial charge in [-0.2, -0.15) is 0 Å². The number of nitrogens with one attached hydrogen (secondary N) is 3. The molecule has 1 amide bonds. The van der Waals surface area contributed by atoms with Gasteiger partial charge in [0.25, 0.3) is 5.56 Å². The fourth-order valence-corrected chi connectivity index (χ4v) is 4.20. The molecule has 0 radical (unpaired) electrons. The lowest BCUT2D eigenvalue weighted by Crippen LogP contribution is -2.40. The molecule has 2 aromatic rings. The smallest absolute Gasteiger partial charge is 0.308 e. The summed E-state index contributed by atoms with van der Waals surface area (Å²) >= 11 is 0. The highest BCUT2D eigenvalue weighted by molar-refractivity contribution is 5.78. The van der Waals surface area contributed by atoms with Gasteiger partial charge in [0.1, 0.15) is 24.1 Å². The van der Waals surface area contributed by atoms with Gasteiger partial charge in [0, 0.05) is 12.2 Å². The summed E-state index contributed by atoms with van der Waals surface area (Å²) in [5.41, 5.74) is 2.98. The third kappa shape index (κ3) is 6.21. The van der Waals surface area contributed by atoms with Crippen LogP contribution < -0.4 is 21.5 Å². The maximum Gasteiger partial charge on any atom is 0.308 e. The second-order valence-electron chi connectivity index (χ2n) is 8.83. The molecule has 9 nitrogen and oxygen atoms in total. The van der Waals surface area contributed by atoms with Crippen molar-refractivity contribution >= 4 is 23.4 Å². The third-order valence-corrected chi connectivity index (χ3v) is 6.13. The first-order valence-electron chi connectivity index (χ1n) is 12.1. The van der Waals surface area contributed by atoms with Crippen molar-refractivity contribution in [3.05, 3.63) is 51.6 Å². The van der Waals surface area contributed by atoms with Crippen LogP contribution >= 0.6 is 0 Å². The molecule has 2 aromatic heterocycles. The van der Waals surface area contributed by atoms with Crippen LogP contribution in [-0.2, 0) is 33.8 Å². The van der Waals surface area contributed by atoms with E-state index in [4.69, 9.17) is 11.2 Å². The Labute approximate surface area is 204 Å². The molecule has 1 unspecified atom stereocenters. The summed E-state index contributed by atoms with van der Waals surface area (Å²) in [6.07, 6.45) is 9.43. The van der Waals surface area contributed by atoms with E-state index in [1.165, 1.54) is 10.1 Å². The second-order valence-corrected chi connectivity index (χ2v) is 8.83. The lowest BCUT2D eigenvalue weighted by Gasteiger charge is -2.18. The first kappa shape index (κ1) is 24.3. The largest absolute Gasteiger partial charge is 0.466 e. The number of aryl methyl sites for hydroxylation is 1. The first-order valence-corrected chi connectivity index (χ1v) is 12.1. The Morgan fingerprint density at radius 1 is 1.31 bits per heavy atom. The van der Waals surface area contributed by atoms with Gasteiger partial charge in [0.2, 0.25) is 5.91 Å². The summed E-state index contributed by atoms with van der Waals surface area (Å²) in [5, 5.41) is 9.15. The van der Waals surface area contributed by atoms with Crippen molar-refractivity contribution in [2.45, 2.75) is 64.1 Å². The molecule has 3 N–H and O–H groups in total. The molecule has 35 heavy (non-hydrogen) atoms. The maximum absolute atomic E-state index is 13.3. The molecule has 3 heterocycles. The van der Waals surface area contributed by atoms with E-state index in [-0.39, 0.29) is 31.0 Å². The van der Waals surface area contributed by atoms with E-state index in [1.807, 2.05) is 12.1 Å². The van der Waals surface area contributed by atoms with Gasteiger partial charge < -0.3 is 25.3 Å². The van der Waals surface area contributed by atoms with Crippen LogP contribution in [0.15, 0.2) is 29.1 Å². The minimum absolute atomic E-state index is 0.120. The number of carbonyl (C=O) groups excluding carboxylic acids is 2. The Balaban J connectivity index is 1.46. The van der Waals surface area contributed by atoms with Gasteiger partial charge in [0.05, 0.1) is 25.3 Å². The van der Waals surface area contributed by atoms with Crippen molar-refractivity contribution < 1.29 is 14.3 Å². The summed E-state index contributed by atoms with van der Waals surface area (Å²) in [6.45, 7) is 3.06. The summed E-state index contributed by atoms with van der Waals surface area (Å²) < 4.78 is 6.40. The van der Waals surface area contributed by atoms with Crippen LogP contribution in [0.5, 0.6) is 0 Å². The fourth-order valence-electron chi connectivity index (χ4n) is 4.20. The number of esters is 1. The van der Waals surface area contributed by atoms with Crippen LogP contribution in [0, 0.1) is 12.3 Å². The third-order valence-electron chi connectivity index (χ3n) is 6.13. The summed E-state index contributed by atoms with van der Waals surface area (Å²) in [6, 6.07) is 6.90. The zero-order valence-electron chi connectivity index (χ0n) is 19.9. The number of hydrogen-bond acceptors (Lipinski definition) is 7. The normalized spacial score (nSPS) is 15.2. The zero-order valence-corrected chi connectivity index (χ0v) is 19.9. The van der Waals surface area contributed by atoms with Crippen LogP contribution in [0.4, 0.5) is 11.5 Å². The summed E-state index contributed by atoms with van der Waals surface area (Å²) in [4.78, 5) is 42.4. The van der Waals surface area contributed by atoms with E-state index < -0.39 is 17.9 Å². The fraction of sp³-hybridized carbons (Fsp3) is 0.462. The minimum atomic E-state index is -0.799. The first-order chi connectivity index (χ1) is 17.0. The van der Waals surface area contributed by atoms with Crippen LogP contribution in [0.2, 0.25) is 0 Å². The average Bonchev–Trinajstić information content (AvgIpc) is 3.69. The van der Waals surface area contributed by atoms with Crippen molar-refractivity contribution in [2.24, 2.45) is 0 Å². The van der Waals surface area contributed by atoms with Gasteiger partial charge in [0.15, 0.2) is 0 Å². The van der Waals surface area contributed by atoms with E-state index in [9.17, 15) is 14.4 Å². The van der Waals surface area contributed by atoms with Gasteiger partial charge in [-0.1, -0.05) is 12.0 Å². The van der Waals surface area contributed by atoms with Crippen LogP contribution in [0.3, 0.4) is 0 Å². The summed E-state index contributed by atoms with van der Waals surface area (Å²) in [5.74, 6) is 2.65. The Kier molecular flexibility index (Phi) is 7.70. The standard InChI is InChI=1S/C26H31N5O4/c1-3-19(14-24(33)35-4-2)29-23(32)16-31-22(17-7-8-17)12-11-21(26(31)34)28-15-20-10-9-18-6-5-13-27-25(18)30-20/h1,9-12,17,19,28H,4-8,13-16H2,2H3,(H,27,30)(H,29,32). The van der Waals surface area contributed by atoms with Gasteiger partial charge in [-0.25, -0.2) is 4.98 Å². The predicted molar refractivity (Wildman–Crippen MR) is 133 cm³/mol. The number of rotatable bonds is 10. The number of terminal acetylenes is 1. The molecule has 0 aromatic carbocycles. The van der Waals surface area contributed by atoms with Crippen molar-refractivity contribution in [3.63, 3.8) is 0 Å². The topological polar surface area (TPSA) is 114 Å². The van der Waals surface area contributed by atoms with E-state index in [0.29, 0.717) is 12.2 Å². The van der Waals surface area contributed by atoms with Gasteiger partial charge in [-0.3, -0.25) is 14.4 Å². The lowest BCUT2D eigenvalue weighted by atomic mass is 10.1. The molecule has 2 aliphatic rings. The van der Waals surface area contributed by atoms with E-state index in [0.717, 1.165) is 49.4 Å². The molecular weight excluding hydrogens is 446 g/mol. The molecule has 9 heteroatoms. The van der Waals surface area contributed by atoms with Crippen LogP contribution in [-0.4, -0.2) is 40.6 Å². The Hall–Kier alpha value is -3.80. The molecule has 0 spiro atoms. The molecule has 1 aliphatic carbocycles. The number of carbonyl (C=O) groups is 2. The molecular formula is C26H31N5O4. The quantitative estimate of drug-likeness (QED) is 0.355. The number of amides is 1. The number of hydrogen-bond donors (Lipinski definition) is 3. The molecule has 0 saturated heterocycles. The highest BCUT2D eigenvalue weighted by atomic mass is 16.5. The molecule has 0 bridgehead atoms. The monoisotopic (exact) mass is 477 g/mol. The van der Waals surface area contributed by atoms with Crippen molar-refractivity contribution in [1.29, 1.82) is 0 Å². The Morgan fingerprint density at radius 3 is 2.89 bits per heavy atom. The SMILES string of the molecule is C#CC(CC(=O)OCC)NC(=O)Cn1c(C2CC2)ccc(NCc2ccc3c(n2)NCCC3)c1=O. The molecule has 4 rings (SSSR count).